The normalized spacial score (nSPS) is 18.3. The Morgan fingerprint density at radius 2 is 1.86 bits per heavy atom. The minimum atomic E-state index is -1.62. The Hall–Kier alpha value is -0.230. The van der Waals surface area contributed by atoms with Gasteiger partial charge >= 0.3 is 0 Å². The molecule has 116 valence electrons. The number of halogens is 4. The minimum absolute atomic E-state index is 0.353. The lowest BCUT2D eigenvalue weighted by Gasteiger charge is -2.35. The second-order valence-corrected chi connectivity index (χ2v) is 7.47. The Balaban J connectivity index is 2.15. The SMILES string of the molecule is O=C(N[C@@H]([NH+]1CCOCC1)C(Cl)(Cl)Cl)c1ccccc1Cl. The Kier molecular flexibility index (Phi) is 6.00. The molecule has 21 heavy (non-hydrogen) atoms. The summed E-state index contributed by atoms with van der Waals surface area (Å²) in [6.07, 6.45) is -0.671. The average molecular weight is 373 g/mol. The van der Waals surface area contributed by atoms with Crippen molar-refractivity contribution in [2.75, 3.05) is 26.3 Å². The van der Waals surface area contributed by atoms with Crippen molar-refractivity contribution in [1.82, 2.24) is 5.32 Å². The molecule has 2 N–H and O–H groups in total. The number of hydrogen-bond donors (Lipinski definition) is 2. The van der Waals surface area contributed by atoms with Crippen molar-refractivity contribution >= 4 is 52.3 Å². The standard InChI is InChI=1S/C13H14Cl4N2O2/c14-10-4-2-1-3-9(10)11(20)18-12(13(15,16)17)19-5-7-21-8-6-19/h1-4,12H,5-8H2,(H,18,20)/p+1/t12-/m0/s1. The molecule has 1 aromatic carbocycles. The molecule has 0 radical (unpaired) electrons. The van der Waals surface area contributed by atoms with Crippen LogP contribution in [-0.4, -0.2) is 42.2 Å². The first kappa shape index (κ1) is 17.1. The summed E-state index contributed by atoms with van der Waals surface area (Å²) in [4.78, 5) is 13.3. The van der Waals surface area contributed by atoms with Gasteiger partial charge in [0.15, 0.2) is 0 Å². The second-order valence-electron chi connectivity index (χ2n) is 4.70. The van der Waals surface area contributed by atoms with Crippen LogP contribution in [0.1, 0.15) is 10.4 Å². The van der Waals surface area contributed by atoms with Gasteiger partial charge in [-0.1, -0.05) is 58.5 Å². The summed E-state index contributed by atoms with van der Waals surface area (Å²) in [7, 11) is 0. The van der Waals surface area contributed by atoms with Crippen molar-refractivity contribution in [3.63, 3.8) is 0 Å². The van der Waals surface area contributed by atoms with Gasteiger partial charge < -0.3 is 9.64 Å². The van der Waals surface area contributed by atoms with Gasteiger partial charge in [0.05, 0.1) is 23.8 Å². The predicted octanol–water partition coefficient (Wildman–Crippen LogP) is 1.68. The van der Waals surface area contributed by atoms with Gasteiger partial charge in [0.1, 0.15) is 13.1 Å². The molecule has 1 amide bonds. The molecule has 2 rings (SSSR count). The van der Waals surface area contributed by atoms with Gasteiger partial charge in [-0.15, -0.1) is 0 Å². The van der Waals surface area contributed by atoms with Gasteiger partial charge in [0.25, 0.3) is 9.70 Å². The van der Waals surface area contributed by atoms with E-state index in [1.54, 1.807) is 24.3 Å². The van der Waals surface area contributed by atoms with Crippen LogP contribution in [0.4, 0.5) is 0 Å². The third-order valence-electron chi connectivity index (χ3n) is 3.26. The van der Waals surface area contributed by atoms with Gasteiger partial charge in [-0.3, -0.25) is 10.1 Å². The highest BCUT2D eigenvalue weighted by atomic mass is 35.6. The maximum absolute atomic E-state index is 12.3. The predicted molar refractivity (Wildman–Crippen MR) is 84.5 cm³/mol. The first-order valence-electron chi connectivity index (χ1n) is 6.44. The van der Waals surface area contributed by atoms with E-state index in [4.69, 9.17) is 51.1 Å². The molecule has 1 fully saturated rings. The molecule has 1 aliphatic heterocycles. The van der Waals surface area contributed by atoms with Crippen LogP contribution in [0.3, 0.4) is 0 Å². The quantitative estimate of drug-likeness (QED) is 0.793. The van der Waals surface area contributed by atoms with Crippen LogP contribution in [0, 0.1) is 0 Å². The lowest BCUT2D eigenvalue weighted by atomic mass is 10.2. The lowest BCUT2D eigenvalue weighted by molar-refractivity contribution is -0.934. The number of ether oxygens (including phenoxy) is 1. The van der Waals surface area contributed by atoms with E-state index in [9.17, 15) is 4.79 Å². The first-order chi connectivity index (χ1) is 9.89. The number of carbonyl (C=O) groups excluding carboxylic acids is 1. The molecule has 0 unspecified atom stereocenters. The molecular formula is C13H15Cl4N2O2+. The van der Waals surface area contributed by atoms with Crippen LogP contribution >= 0.6 is 46.4 Å². The highest BCUT2D eigenvalue weighted by Crippen LogP contribution is 2.28. The largest absolute Gasteiger partial charge is 0.370 e. The van der Waals surface area contributed by atoms with Gasteiger partial charge in [-0.25, -0.2) is 0 Å². The third-order valence-corrected chi connectivity index (χ3v) is 4.25. The van der Waals surface area contributed by atoms with E-state index in [2.05, 4.69) is 5.32 Å². The molecule has 0 saturated carbocycles. The fourth-order valence-electron chi connectivity index (χ4n) is 2.19. The highest BCUT2D eigenvalue weighted by Gasteiger charge is 2.43. The van der Waals surface area contributed by atoms with Crippen LogP contribution in [0.2, 0.25) is 5.02 Å². The molecule has 4 nitrogen and oxygen atoms in total. The van der Waals surface area contributed by atoms with Crippen LogP contribution in [0.5, 0.6) is 0 Å². The number of alkyl halides is 3. The number of hydrogen-bond acceptors (Lipinski definition) is 2. The fraction of sp³-hybridized carbons (Fsp3) is 0.462. The number of carbonyl (C=O) groups is 1. The summed E-state index contributed by atoms with van der Waals surface area (Å²) in [5.74, 6) is -0.365. The average Bonchev–Trinajstić information content (AvgIpc) is 2.44. The Morgan fingerprint density at radius 1 is 1.24 bits per heavy atom. The Morgan fingerprint density at radius 3 is 2.43 bits per heavy atom. The summed E-state index contributed by atoms with van der Waals surface area (Å²) in [6, 6.07) is 6.75. The molecule has 0 aliphatic carbocycles. The maximum Gasteiger partial charge on any atom is 0.262 e. The summed E-state index contributed by atoms with van der Waals surface area (Å²) >= 11 is 24.1. The zero-order valence-corrected chi connectivity index (χ0v) is 14.1. The van der Waals surface area contributed by atoms with Crippen molar-refractivity contribution in [3.8, 4) is 0 Å². The molecule has 1 saturated heterocycles. The highest BCUT2D eigenvalue weighted by molar-refractivity contribution is 6.68. The number of morpholine rings is 1. The van der Waals surface area contributed by atoms with Crippen molar-refractivity contribution in [2.45, 2.75) is 9.96 Å². The van der Waals surface area contributed by atoms with Crippen molar-refractivity contribution in [3.05, 3.63) is 34.9 Å². The maximum atomic E-state index is 12.3. The summed E-state index contributed by atoms with van der Waals surface area (Å²) in [6.45, 7) is 2.44. The number of rotatable bonds is 3. The number of quaternary nitrogens is 1. The first-order valence-corrected chi connectivity index (χ1v) is 7.95. The van der Waals surface area contributed by atoms with E-state index >= 15 is 0 Å². The Bertz CT molecular complexity index is 501. The smallest absolute Gasteiger partial charge is 0.262 e. The molecular weight excluding hydrogens is 358 g/mol. The molecule has 0 aromatic heterocycles. The van der Waals surface area contributed by atoms with Crippen molar-refractivity contribution in [1.29, 1.82) is 0 Å². The van der Waals surface area contributed by atoms with Gasteiger partial charge in [-0.05, 0) is 12.1 Å². The minimum Gasteiger partial charge on any atom is -0.370 e. The molecule has 8 heteroatoms. The van der Waals surface area contributed by atoms with E-state index < -0.39 is 9.96 Å². The van der Waals surface area contributed by atoms with Gasteiger partial charge in [0.2, 0.25) is 6.17 Å². The third kappa shape index (κ3) is 4.62. The number of benzene rings is 1. The number of nitrogens with one attached hydrogen (secondary N) is 2. The molecule has 0 spiro atoms. The van der Waals surface area contributed by atoms with Gasteiger partial charge in [-0.2, -0.15) is 0 Å². The van der Waals surface area contributed by atoms with E-state index in [1.807, 2.05) is 0 Å². The zero-order valence-electron chi connectivity index (χ0n) is 11.0. The molecule has 1 heterocycles. The van der Waals surface area contributed by atoms with E-state index in [1.165, 1.54) is 0 Å². The van der Waals surface area contributed by atoms with Gasteiger partial charge in [0, 0.05) is 0 Å². The number of amides is 1. The van der Waals surface area contributed by atoms with Crippen LogP contribution in [0.25, 0.3) is 0 Å². The van der Waals surface area contributed by atoms with Crippen molar-refractivity contribution < 1.29 is 14.4 Å². The fourth-order valence-corrected chi connectivity index (χ4v) is 3.04. The van der Waals surface area contributed by atoms with Crippen LogP contribution in [0.15, 0.2) is 24.3 Å². The summed E-state index contributed by atoms with van der Waals surface area (Å²) < 4.78 is 3.67. The topological polar surface area (TPSA) is 42.8 Å². The van der Waals surface area contributed by atoms with E-state index in [0.717, 1.165) is 4.90 Å². The second kappa shape index (κ2) is 7.36. The van der Waals surface area contributed by atoms with Crippen LogP contribution in [-0.2, 0) is 4.74 Å². The molecule has 1 atom stereocenters. The van der Waals surface area contributed by atoms with E-state index in [-0.39, 0.29) is 5.91 Å². The zero-order chi connectivity index (χ0) is 15.5. The summed E-state index contributed by atoms with van der Waals surface area (Å²) in [5.41, 5.74) is 0.353. The summed E-state index contributed by atoms with van der Waals surface area (Å²) in [5, 5.41) is 3.13. The Labute approximate surface area is 143 Å². The molecule has 0 bridgehead atoms. The van der Waals surface area contributed by atoms with Crippen molar-refractivity contribution in [2.24, 2.45) is 0 Å². The molecule has 1 aliphatic rings. The van der Waals surface area contributed by atoms with E-state index in [0.29, 0.717) is 36.9 Å². The molecule has 1 aromatic rings. The van der Waals surface area contributed by atoms with Crippen LogP contribution < -0.4 is 10.2 Å². The lowest BCUT2D eigenvalue weighted by Crippen LogP contribution is -3.21. The monoisotopic (exact) mass is 371 g/mol.